The minimum absolute atomic E-state index is 0.0940. The minimum atomic E-state index is -1.21. The van der Waals surface area contributed by atoms with Crippen molar-refractivity contribution in [3.05, 3.63) is 60.2 Å². The molecule has 0 radical (unpaired) electrons. The third-order valence-electron chi connectivity index (χ3n) is 7.22. The molecule has 0 saturated carbocycles. The Bertz CT molecular complexity index is 1010. The highest BCUT2D eigenvalue weighted by Gasteiger charge is 2.71. The van der Waals surface area contributed by atoms with Crippen molar-refractivity contribution >= 4 is 17.7 Å². The summed E-state index contributed by atoms with van der Waals surface area (Å²) in [4.78, 5) is 45.8. The van der Waals surface area contributed by atoms with E-state index in [1.807, 2.05) is 54.6 Å². The Morgan fingerprint density at radius 3 is 2.61 bits per heavy atom. The van der Waals surface area contributed by atoms with E-state index >= 15 is 0 Å². The van der Waals surface area contributed by atoms with E-state index in [1.54, 1.807) is 16.8 Å². The van der Waals surface area contributed by atoms with Gasteiger partial charge in [0.25, 0.3) is 0 Å². The van der Waals surface area contributed by atoms with E-state index in [9.17, 15) is 19.5 Å². The number of aliphatic hydroxyl groups excluding tert-OH is 1. The highest BCUT2D eigenvalue weighted by Crippen LogP contribution is 2.53. The van der Waals surface area contributed by atoms with Crippen molar-refractivity contribution in [1.82, 2.24) is 14.7 Å². The van der Waals surface area contributed by atoms with E-state index in [0.717, 1.165) is 5.56 Å². The van der Waals surface area contributed by atoms with Crippen molar-refractivity contribution in [1.29, 1.82) is 0 Å². The lowest BCUT2D eigenvalue weighted by Gasteiger charge is -2.35. The second-order valence-corrected chi connectivity index (χ2v) is 9.20. The second-order valence-electron chi connectivity index (χ2n) is 9.20. The molecule has 0 aliphatic carbocycles. The predicted octanol–water partition coefficient (Wildman–Crippen LogP) is 0.576. The smallest absolute Gasteiger partial charge is 0.249 e. The zero-order valence-corrected chi connectivity index (χ0v) is 18.7. The molecule has 0 aromatic heterocycles. The molecule has 3 amide bonds. The Balaban J connectivity index is 1.56. The zero-order valence-electron chi connectivity index (χ0n) is 18.7. The van der Waals surface area contributed by atoms with Gasteiger partial charge in [0, 0.05) is 39.8 Å². The number of hydrogen-bond donors (Lipinski definition) is 1. The maximum atomic E-state index is 13.9. The molecule has 5 rings (SSSR count). The average molecular weight is 452 g/mol. The third-order valence-corrected chi connectivity index (χ3v) is 7.22. The molecular formula is C25H29N3O5. The lowest BCUT2D eigenvalue weighted by molar-refractivity contribution is -0.148. The molecule has 1 aromatic carbocycles. The first kappa shape index (κ1) is 21.9. The average Bonchev–Trinajstić information content (AvgIpc) is 3.14. The van der Waals surface area contributed by atoms with Gasteiger partial charge in [0.05, 0.1) is 17.9 Å². The van der Waals surface area contributed by atoms with E-state index in [1.165, 1.54) is 4.90 Å². The maximum absolute atomic E-state index is 13.9. The number of carbonyl (C=O) groups excluding carboxylic acids is 3. The van der Waals surface area contributed by atoms with Gasteiger partial charge in [0.1, 0.15) is 11.6 Å². The summed E-state index contributed by atoms with van der Waals surface area (Å²) in [6.07, 6.45) is 7.26. The molecule has 1 aromatic rings. The highest BCUT2D eigenvalue weighted by molar-refractivity contribution is 5.99. The van der Waals surface area contributed by atoms with E-state index < -0.39 is 29.6 Å². The normalized spacial score (nSPS) is 33.2. The van der Waals surface area contributed by atoms with Gasteiger partial charge in [0.2, 0.25) is 17.7 Å². The lowest BCUT2D eigenvalue weighted by Crippen LogP contribution is -2.55. The quantitative estimate of drug-likeness (QED) is 0.662. The van der Waals surface area contributed by atoms with Crippen molar-refractivity contribution < 1.29 is 24.2 Å². The van der Waals surface area contributed by atoms with Gasteiger partial charge < -0.3 is 24.5 Å². The van der Waals surface area contributed by atoms with Crippen LogP contribution in [0.15, 0.2) is 54.6 Å². The number of ether oxygens (including phenoxy) is 1. The van der Waals surface area contributed by atoms with Crippen LogP contribution >= 0.6 is 0 Å². The lowest BCUT2D eigenvalue weighted by atomic mass is 9.77. The van der Waals surface area contributed by atoms with Crippen LogP contribution in [0.5, 0.6) is 0 Å². The Morgan fingerprint density at radius 2 is 1.85 bits per heavy atom. The summed E-state index contributed by atoms with van der Waals surface area (Å²) in [5, 5.41) is 9.43. The van der Waals surface area contributed by atoms with E-state index in [0.29, 0.717) is 26.1 Å². The molecular weight excluding hydrogens is 422 g/mol. The van der Waals surface area contributed by atoms with Crippen LogP contribution in [0, 0.1) is 11.8 Å². The largest absolute Gasteiger partial charge is 0.396 e. The van der Waals surface area contributed by atoms with Gasteiger partial charge >= 0.3 is 0 Å². The molecule has 33 heavy (non-hydrogen) atoms. The number of fused-ring (bicyclic) bond motifs is 2. The van der Waals surface area contributed by atoms with Crippen molar-refractivity contribution in [2.45, 2.75) is 30.7 Å². The van der Waals surface area contributed by atoms with Crippen molar-refractivity contribution in [2.75, 3.05) is 33.3 Å². The molecule has 174 valence electrons. The van der Waals surface area contributed by atoms with E-state index in [2.05, 4.69) is 0 Å². The molecule has 1 N–H and O–H groups in total. The summed E-state index contributed by atoms with van der Waals surface area (Å²) in [5.41, 5.74) is -0.210. The number of hydrogen-bond acceptors (Lipinski definition) is 5. The van der Waals surface area contributed by atoms with Crippen LogP contribution in [0.2, 0.25) is 0 Å². The topological polar surface area (TPSA) is 90.4 Å². The molecule has 1 spiro atoms. The molecule has 4 aliphatic heterocycles. The number of benzene rings is 1. The van der Waals surface area contributed by atoms with Crippen LogP contribution < -0.4 is 0 Å². The Kier molecular flexibility index (Phi) is 5.58. The number of carbonyl (C=O) groups is 3. The van der Waals surface area contributed by atoms with Gasteiger partial charge in [-0.15, -0.1) is 0 Å². The molecule has 8 heteroatoms. The van der Waals surface area contributed by atoms with Gasteiger partial charge in [-0.25, -0.2) is 0 Å². The number of nitrogens with zero attached hydrogens (tertiary/aromatic N) is 3. The number of likely N-dealkylation sites (tertiary alicyclic amines) is 1. The van der Waals surface area contributed by atoms with Crippen LogP contribution in [-0.4, -0.2) is 88.6 Å². The predicted molar refractivity (Wildman–Crippen MR) is 120 cm³/mol. The van der Waals surface area contributed by atoms with Gasteiger partial charge in [-0.3, -0.25) is 14.4 Å². The molecule has 0 bridgehead atoms. The zero-order chi connectivity index (χ0) is 23.2. The summed E-state index contributed by atoms with van der Waals surface area (Å²) in [5.74, 6) is -2.05. The molecule has 1 unspecified atom stereocenters. The SMILES string of the molecule is CN1CC=C[C@@H]2O[C@]34C=CCN(Cc5ccccc5)C(=O)C3N(CCCO)C(=O)[C@@H]4[C@@H]2C1=O. The molecule has 5 atom stereocenters. The summed E-state index contributed by atoms with van der Waals surface area (Å²) in [6.45, 7) is 1.40. The number of likely N-dealkylation sites (N-methyl/N-ethyl adjacent to an activating group) is 1. The number of rotatable bonds is 5. The summed E-state index contributed by atoms with van der Waals surface area (Å²) < 4.78 is 6.52. The van der Waals surface area contributed by atoms with Gasteiger partial charge in [-0.1, -0.05) is 54.6 Å². The summed E-state index contributed by atoms with van der Waals surface area (Å²) in [7, 11) is 1.72. The Labute approximate surface area is 193 Å². The summed E-state index contributed by atoms with van der Waals surface area (Å²) in [6, 6.07) is 8.85. The fourth-order valence-corrected chi connectivity index (χ4v) is 5.74. The standard InChI is InChI=1S/C25H29N3O5/c1-26-12-5-10-18-19(22(26)30)20-23(31)28(14-7-15-29)21-24(32)27(13-6-11-25(20,21)33-18)16-17-8-3-2-4-9-17/h2-6,8-11,18-21,29H,7,12-16H2,1H3/t18-,19+,20-,21?,25-/m0/s1. The summed E-state index contributed by atoms with van der Waals surface area (Å²) >= 11 is 0. The van der Waals surface area contributed by atoms with E-state index in [4.69, 9.17) is 4.74 Å². The van der Waals surface area contributed by atoms with Crippen molar-refractivity contribution in [2.24, 2.45) is 11.8 Å². The number of amides is 3. The van der Waals surface area contributed by atoms with E-state index in [-0.39, 0.29) is 30.9 Å². The fourth-order valence-electron chi connectivity index (χ4n) is 5.74. The first-order valence-corrected chi connectivity index (χ1v) is 11.5. The second kappa shape index (κ2) is 8.43. The Morgan fingerprint density at radius 1 is 1.06 bits per heavy atom. The van der Waals surface area contributed by atoms with Crippen LogP contribution in [0.4, 0.5) is 0 Å². The third kappa shape index (κ3) is 3.40. The molecule has 2 saturated heterocycles. The highest BCUT2D eigenvalue weighted by atomic mass is 16.5. The maximum Gasteiger partial charge on any atom is 0.249 e. The molecule has 4 heterocycles. The first-order chi connectivity index (χ1) is 16.0. The van der Waals surface area contributed by atoms with Crippen LogP contribution in [0.25, 0.3) is 0 Å². The van der Waals surface area contributed by atoms with Crippen molar-refractivity contribution in [3.8, 4) is 0 Å². The first-order valence-electron chi connectivity index (χ1n) is 11.5. The Hall–Kier alpha value is -2.97. The minimum Gasteiger partial charge on any atom is -0.396 e. The van der Waals surface area contributed by atoms with Crippen LogP contribution in [0.1, 0.15) is 12.0 Å². The van der Waals surface area contributed by atoms with Crippen molar-refractivity contribution in [3.63, 3.8) is 0 Å². The van der Waals surface area contributed by atoms with Gasteiger partial charge in [-0.2, -0.15) is 0 Å². The van der Waals surface area contributed by atoms with Gasteiger partial charge in [-0.05, 0) is 12.0 Å². The molecule has 2 fully saturated rings. The van der Waals surface area contributed by atoms with Gasteiger partial charge in [0.15, 0.2) is 0 Å². The monoisotopic (exact) mass is 451 g/mol. The fraction of sp³-hybridized carbons (Fsp3) is 0.480. The number of aliphatic hydroxyl groups is 1. The van der Waals surface area contributed by atoms with Crippen LogP contribution in [-0.2, 0) is 25.7 Å². The molecule has 4 aliphatic rings. The van der Waals surface area contributed by atoms with Crippen LogP contribution in [0.3, 0.4) is 0 Å². The molecule has 8 nitrogen and oxygen atoms in total.